The number of thioether (sulfide) groups is 1. The van der Waals surface area contributed by atoms with Crippen molar-refractivity contribution < 1.29 is 28.6 Å². The minimum absolute atomic E-state index is 0.0606. The molecule has 12 heteroatoms. The summed E-state index contributed by atoms with van der Waals surface area (Å²) in [7, 11) is 2.66. The molecule has 194 valence electrons. The summed E-state index contributed by atoms with van der Waals surface area (Å²) in [5.41, 5.74) is 0.930. The number of amides is 2. The van der Waals surface area contributed by atoms with Gasteiger partial charge in [0.15, 0.2) is 5.75 Å². The molecule has 37 heavy (non-hydrogen) atoms. The van der Waals surface area contributed by atoms with Crippen molar-refractivity contribution in [2.24, 2.45) is 5.92 Å². The highest BCUT2D eigenvalue weighted by Gasteiger charge is 2.44. The Kier molecular flexibility index (Phi) is 9.69. The van der Waals surface area contributed by atoms with Gasteiger partial charge in [0.1, 0.15) is 11.7 Å². The molecule has 2 aromatic carbocycles. The minimum atomic E-state index is -1.38. The van der Waals surface area contributed by atoms with Gasteiger partial charge in [-0.05, 0) is 36.8 Å². The monoisotopic (exact) mass is 563 g/mol. The molecule has 0 aromatic heterocycles. The minimum Gasteiger partial charge on any atom is -0.497 e. The van der Waals surface area contributed by atoms with E-state index in [1.807, 2.05) is 0 Å². The van der Waals surface area contributed by atoms with Crippen LogP contribution in [0, 0.1) is 17.2 Å². The van der Waals surface area contributed by atoms with Gasteiger partial charge in [-0.1, -0.05) is 41.0 Å². The van der Waals surface area contributed by atoms with Gasteiger partial charge in [0.2, 0.25) is 11.8 Å². The van der Waals surface area contributed by atoms with E-state index in [4.69, 9.17) is 37.4 Å². The molecule has 1 heterocycles. The normalized spacial score (nSPS) is 16.9. The van der Waals surface area contributed by atoms with Crippen LogP contribution < -0.4 is 20.1 Å². The molecule has 0 spiro atoms. The topological polar surface area (TPSA) is 127 Å². The van der Waals surface area contributed by atoms with Gasteiger partial charge in [0.25, 0.3) is 0 Å². The maximum absolute atomic E-state index is 13.0. The fourth-order valence-electron chi connectivity index (χ4n) is 3.76. The van der Waals surface area contributed by atoms with E-state index in [0.717, 1.165) is 18.9 Å². The first-order valence-corrected chi connectivity index (χ1v) is 12.7. The summed E-state index contributed by atoms with van der Waals surface area (Å²) in [5.74, 6) is -3.64. The summed E-state index contributed by atoms with van der Waals surface area (Å²) >= 11 is 13.7. The van der Waals surface area contributed by atoms with Crippen LogP contribution >= 0.6 is 35.0 Å². The fraction of sp³-hybridized carbons (Fsp3) is 0.280. The molecule has 2 amide bonds. The first kappa shape index (κ1) is 28.2. The van der Waals surface area contributed by atoms with Crippen molar-refractivity contribution in [1.82, 2.24) is 5.32 Å². The molecule has 1 aliphatic heterocycles. The Morgan fingerprint density at radius 2 is 1.89 bits per heavy atom. The number of nitrogens with one attached hydrogen (secondary N) is 2. The Labute approximate surface area is 228 Å². The first-order valence-electron chi connectivity index (χ1n) is 10.9. The highest BCUT2D eigenvalue weighted by Crippen LogP contribution is 2.44. The molecule has 1 aliphatic rings. The molecular formula is C25H23Cl2N3O6S. The van der Waals surface area contributed by atoms with Crippen molar-refractivity contribution >= 4 is 58.4 Å². The van der Waals surface area contributed by atoms with Crippen LogP contribution in [0.25, 0.3) is 0 Å². The largest absolute Gasteiger partial charge is 0.497 e. The van der Waals surface area contributed by atoms with Crippen molar-refractivity contribution in [1.29, 1.82) is 5.26 Å². The number of nitrogens with zero attached hydrogens (tertiary/aromatic N) is 1. The summed E-state index contributed by atoms with van der Waals surface area (Å²) in [6, 6.07) is 11.9. The fourth-order valence-corrected chi connectivity index (χ4v) is 5.22. The molecular weight excluding hydrogens is 541 g/mol. The van der Waals surface area contributed by atoms with Crippen molar-refractivity contribution in [3.05, 3.63) is 62.6 Å². The molecule has 0 radical (unpaired) electrons. The van der Waals surface area contributed by atoms with E-state index in [-0.39, 0.29) is 38.1 Å². The molecule has 0 unspecified atom stereocenters. The molecule has 3 rings (SSSR count). The van der Waals surface area contributed by atoms with E-state index in [9.17, 15) is 19.6 Å². The number of nitriles is 1. The van der Waals surface area contributed by atoms with Crippen molar-refractivity contribution in [3.63, 3.8) is 0 Å². The number of hydrogen-bond acceptors (Lipinski definition) is 8. The molecule has 0 bridgehead atoms. The number of ether oxygens (including phenoxy) is 3. The van der Waals surface area contributed by atoms with Crippen molar-refractivity contribution in [2.75, 3.05) is 31.9 Å². The molecule has 9 nitrogen and oxygen atoms in total. The van der Waals surface area contributed by atoms with Crippen molar-refractivity contribution in [3.8, 4) is 17.6 Å². The van der Waals surface area contributed by atoms with Crippen LogP contribution in [0.15, 0.2) is 47.0 Å². The SMILES string of the molecule is CCOc1c(Cl)cc([C@H]2C(C#N)=C(SCC(=O)Nc3cccc(OC)c3)NC(=O)[C@@H]2C(=O)OC)cc1Cl. The van der Waals surface area contributed by atoms with Gasteiger partial charge in [-0.15, -0.1) is 0 Å². The molecule has 0 aliphatic carbocycles. The highest BCUT2D eigenvalue weighted by molar-refractivity contribution is 8.03. The lowest BCUT2D eigenvalue weighted by molar-refractivity contribution is -0.150. The molecule has 2 N–H and O–H groups in total. The highest BCUT2D eigenvalue weighted by atomic mass is 35.5. The number of halogens is 2. The predicted octanol–water partition coefficient (Wildman–Crippen LogP) is 4.51. The Hall–Kier alpha value is -3.39. The van der Waals surface area contributed by atoms with Gasteiger partial charge in [0, 0.05) is 17.7 Å². The van der Waals surface area contributed by atoms with Crippen LogP contribution in [-0.2, 0) is 19.1 Å². The van der Waals surface area contributed by atoms with Crippen LogP contribution in [0.4, 0.5) is 5.69 Å². The van der Waals surface area contributed by atoms with Gasteiger partial charge in [-0.2, -0.15) is 5.26 Å². The third-order valence-corrected chi connectivity index (χ3v) is 6.93. The maximum Gasteiger partial charge on any atom is 0.319 e. The second-order valence-corrected chi connectivity index (χ2v) is 9.44. The zero-order valence-corrected chi connectivity index (χ0v) is 22.4. The third kappa shape index (κ3) is 6.49. The van der Waals surface area contributed by atoms with Crippen LogP contribution in [0.1, 0.15) is 18.4 Å². The number of carbonyl (C=O) groups excluding carboxylic acids is 3. The predicted molar refractivity (Wildman–Crippen MR) is 141 cm³/mol. The van der Waals surface area contributed by atoms with Gasteiger partial charge >= 0.3 is 5.97 Å². The van der Waals surface area contributed by atoms with Crippen LogP contribution in [0.5, 0.6) is 11.5 Å². The van der Waals surface area contributed by atoms with E-state index in [0.29, 0.717) is 23.6 Å². The second-order valence-electron chi connectivity index (χ2n) is 7.64. The molecule has 0 saturated carbocycles. The molecule has 0 saturated heterocycles. The molecule has 0 fully saturated rings. The maximum atomic E-state index is 13.0. The van der Waals surface area contributed by atoms with E-state index in [1.54, 1.807) is 31.2 Å². The number of rotatable bonds is 9. The smallest absolute Gasteiger partial charge is 0.319 e. The van der Waals surface area contributed by atoms with E-state index >= 15 is 0 Å². The summed E-state index contributed by atoms with van der Waals surface area (Å²) in [4.78, 5) is 38.2. The Morgan fingerprint density at radius 3 is 2.49 bits per heavy atom. The van der Waals surface area contributed by atoms with Crippen LogP contribution in [-0.4, -0.2) is 44.4 Å². The first-order chi connectivity index (χ1) is 17.7. The third-order valence-electron chi connectivity index (χ3n) is 5.35. The van der Waals surface area contributed by atoms with Crippen molar-refractivity contribution in [2.45, 2.75) is 12.8 Å². The van der Waals surface area contributed by atoms with Gasteiger partial charge < -0.3 is 24.8 Å². The zero-order chi connectivity index (χ0) is 27.1. The zero-order valence-electron chi connectivity index (χ0n) is 20.1. The summed E-state index contributed by atoms with van der Waals surface area (Å²) in [5, 5.41) is 15.8. The number of benzene rings is 2. The molecule has 2 atom stereocenters. The number of anilines is 1. The van der Waals surface area contributed by atoms with E-state index in [2.05, 4.69) is 16.7 Å². The number of hydrogen-bond donors (Lipinski definition) is 2. The average molecular weight is 564 g/mol. The lowest BCUT2D eigenvalue weighted by atomic mass is 9.78. The summed E-state index contributed by atoms with van der Waals surface area (Å²) in [6.45, 7) is 2.08. The number of carbonyl (C=O) groups is 3. The summed E-state index contributed by atoms with van der Waals surface area (Å²) in [6.07, 6.45) is 0. The second kappa shape index (κ2) is 12.7. The Bertz CT molecular complexity index is 1270. The summed E-state index contributed by atoms with van der Waals surface area (Å²) < 4.78 is 15.5. The lowest BCUT2D eigenvalue weighted by Gasteiger charge is -2.31. The Balaban J connectivity index is 1.95. The molecule has 2 aromatic rings. The quantitative estimate of drug-likeness (QED) is 0.337. The van der Waals surface area contributed by atoms with Crippen LogP contribution in [0.2, 0.25) is 10.0 Å². The lowest BCUT2D eigenvalue weighted by Crippen LogP contribution is -2.44. The van der Waals surface area contributed by atoms with Gasteiger partial charge in [0.05, 0.1) is 53.3 Å². The van der Waals surface area contributed by atoms with Gasteiger partial charge in [-0.3, -0.25) is 14.4 Å². The Morgan fingerprint density at radius 1 is 1.19 bits per heavy atom. The van der Waals surface area contributed by atoms with Crippen LogP contribution in [0.3, 0.4) is 0 Å². The van der Waals surface area contributed by atoms with E-state index < -0.39 is 23.7 Å². The number of methoxy groups -OCH3 is 2. The number of allylic oxidation sites excluding steroid dienone is 1. The number of esters is 1. The average Bonchev–Trinajstić information content (AvgIpc) is 2.88. The van der Waals surface area contributed by atoms with E-state index in [1.165, 1.54) is 19.2 Å². The standard InChI is InChI=1S/C25H23Cl2N3O6S/c1-4-36-22-17(26)8-13(9-18(22)27)20-16(11-28)24(30-23(32)21(20)25(33)35-3)37-12-19(31)29-14-6-5-7-15(10-14)34-2/h5-10,20-21H,4,12H2,1-3H3,(H,29,31)(H,30,32)/t20-,21+/m0/s1. The van der Waals surface area contributed by atoms with Gasteiger partial charge in [-0.25, -0.2) is 0 Å².